The first-order chi connectivity index (χ1) is 11.6. The number of pyridine rings is 1. The highest BCUT2D eigenvalue weighted by Crippen LogP contribution is 2.40. The number of rotatable bonds is 2. The van der Waals surface area contributed by atoms with Gasteiger partial charge in [-0.15, -0.1) is 0 Å². The number of hydrogen-bond acceptors (Lipinski definition) is 2. The first-order valence-corrected chi connectivity index (χ1v) is 8.60. The van der Waals surface area contributed by atoms with Crippen molar-refractivity contribution in [3.8, 4) is 0 Å². The summed E-state index contributed by atoms with van der Waals surface area (Å²) in [5, 5.41) is 1.20. The summed E-state index contributed by atoms with van der Waals surface area (Å²) in [6.45, 7) is 6.75. The van der Waals surface area contributed by atoms with Gasteiger partial charge in [0.15, 0.2) is 0 Å². The molecule has 0 radical (unpaired) electrons. The van der Waals surface area contributed by atoms with Crippen molar-refractivity contribution in [3.05, 3.63) is 72.4 Å². The molecule has 24 heavy (non-hydrogen) atoms. The molecule has 0 aliphatic carbocycles. The molecule has 0 saturated heterocycles. The Morgan fingerprint density at radius 3 is 2.33 bits per heavy atom. The van der Waals surface area contributed by atoms with Crippen LogP contribution >= 0.6 is 0 Å². The zero-order chi connectivity index (χ0) is 17.0. The van der Waals surface area contributed by atoms with Gasteiger partial charge in [0.2, 0.25) is 0 Å². The van der Waals surface area contributed by atoms with Crippen molar-refractivity contribution in [3.63, 3.8) is 0 Å². The van der Waals surface area contributed by atoms with Crippen molar-refractivity contribution in [1.29, 1.82) is 0 Å². The van der Waals surface area contributed by atoms with Crippen molar-refractivity contribution in [2.24, 2.45) is 4.99 Å². The van der Waals surface area contributed by atoms with Crippen LogP contribution in [0.25, 0.3) is 10.9 Å². The Morgan fingerprint density at radius 2 is 1.58 bits per heavy atom. The van der Waals surface area contributed by atoms with Gasteiger partial charge < -0.3 is 0 Å². The summed E-state index contributed by atoms with van der Waals surface area (Å²) in [6, 6.07) is 20.6. The fraction of sp³-hybridized carbons (Fsp3) is 0.273. The van der Waals surface area contributed by atoms with Gasteiger partial charge in [-0.1, -0.05) is 69.7 Å². The predicted molar refractivity (Wildman–Crippen MR) is 103 cm³/mol. The van der Waals surface area contributed by atoms with E-state index >= 15 is 0 Å². The molecule has 2 heterocycles. The van der Waals surface area contributed by atoms with E-state index in [1.54, 1.807) is 0 Å². The van der Waals surface area contributed by atoms with Crippen LogP contribution in [0.3, 0.4) is 0 Å². The molecule has 0 unspecified atom stereocenters. The molecule has 4 rings (SSSR count). The number of aliphatic imine (C=N–C) groups is 1. The largest absolute Gasteiger partial charge is 0.257 e. The van der Waals surface area contributed by atoms with Gasteiger partial charge in [-0.3, -0.25) is 9.98 Å². The number of benzene rings is 2. The number of nitrogens with zero attached hydrogens (tertiary/aromatic N) is 2. The summed E-state index contributed by atoms with van der Waals surface area (Å²) in [6.07, 6.45) is 4.10. The molecule has 0 amide bonds. The molecular formula is C22H24N2. The summed E-state index contributed by atoms with van der Waals surface area (Å²) >= 11 is 0. The number of para-hydroxylation sites is 2. The predicted octanol–water partition coefficient (Wildman–Crippen LogP) is 6.09. The van der Waals surface area contributed by atoms with Gasteiger partial charge in [0.1, 0.15) is 0 Å². The molecule has 0 N–H and O–H groups in total. The van der Waals surface area contributed by atoms with Gasteiger partial charge in [-0.25, -0.2) is 0 Å². The van der Waals surface area contributed by atoms with Crippen molar-refractivity contribution >= 4 is 22.3 Å². The van der Waals surface area contributed by atoms with Crippen LogP contribution in [-0.2, 0) is 5.41 Å². The minimum absolute atomic E-state index is 0.145. The van der Waals surface area contributed by atoms with Crippen LogP contribution < -0.4 is 0 Å². The van der Waals surface area contributed by atoms with Crippen LogP contribution in [0.1, 0.15) is 39.2 Å². The standard InChI is InChI=1S/C13H17N.C9H7N/c1-4-7-12-13(2,3)10-8-5-6-9-11(10)14-12;1-2-6-9-8(4-1)5-3-7-10-9/h5-6,8-9H,4,7H2,1-3H3;1-7H. The topological polar surface area (TPSA) is 25.2 Å². The number of hydrogen-bond donors (Lipinski definition) is 0. The number of fused-ring (bicyclic) bond motifs is 2. The van der Waals surface area contributed by atoms with Gasteiger partial charge in [0.25, 0.3) is 0 Å². The van der Waals surface area contributed by atoms with Crippen molar-refractivity contribution in [1.82, 2.24) is 4.98 Å². The Labute approximate surface area is 144 Å². The van der Waals surface area contributed by atoms with Crippen molar-refractivity contribution in [2.45, 2.75) is 39.0 Å². The molecule has 2 nitrogen and oxygen atoms in total. The first-order valence-electron chi connectivity index (χ1n) is 8.60. The summed E-state index contributed by atoms with van der Waals surface area (Å²) in [5.74, 6) is 0. The van der Waals surface area contributed by atoms with Crippen LogP contribution in [0.15, 0.2) is 71.9 Å². The maximum absolute atomic E-state index is 4.71. The molecule has 1 aliphatic rings. The second-order valence-electron chi connectivity index (χ2n) is 6.65. The van der Waals surface area contributed by atoms with Gasteiger partial charge in [-0.05, 0) is 30.2 Å². The summed E-state index contributed by atoms with van der Waals surface area (Å²) < 4.78 is 0. The molecule has 1 aromatic heterocycles. The van der Waals surface area contributed by atoms with E-state index in [0.29, 0.717) is 0 Å². The quantitative estimate of drug-likeness (QED) is 0.562. The first kappa shape index (κ1) is 16.4. The van der Waals surface area contributed by atoms with E-state index < -0.39 is 0 Å². The Morgan fingerprint density at radius 1 is 0.875 bits per heavy atom. The zero-order valence-electron chi connectivity index (χ0n) is 14.7. The Balaban J connectivity index is 0.000000149. The minimum atomic E-state index is 0.145. The van der Waals surface area contributed by atoms with Crippen molar-refractivity contribution in [2.75, 3.05) is 0 Å². The highest BCUT2D eigenvalue weighted by Gasteiger charge is 2.33. The molecule has 0 spiro atoms. The third-order valence-electron chi connectivity index (χ3n) is 4.55. The molecule has 3 aromatic rings. The zero-order valence-corrected chi connectivity index (χ0v) is 14.7. The van der Waals surface area contributed by atoms with E-state index in [9.17, 15) is 0 Å². The van der Waals surface area contributed by atoms with Crippen LogP contribution in [0.4, 0.5) is 5.69 Å². The monoisotopic (exact) mass is 316 g/mol. The van der Waals surface area contributed by atoms with E-state index in [1.165, 1.54) is 28.8 Å². The van der Waals surface area contributed by atoms with E-state index in [2.05, 4.69) is 62.2 Å². The molecule has 2 heteroatoms. The summed E-state index contributed by atoms with van der Waals surface area (Å²) in [5.41, 5.74) is 5.09. The van der Waals surface area contributed by atoms with Gasteiger partial charge in [0.05, 0.1) is 11.2 Å². The van der Waals surface area contributed by atoms with Crippen LogP contribution in [0.5, 0.6) is 0 Å². The van der Waals surface area contributed by atoms with E-state index in [4.69, 9.17) is 4.99 Å². The van der Waals surface area contributed by atoms with Crippen LogP contribution in [0.2, 0.25) is 0 Å². The fourth-order valence-corrected chi connectivity index (χ4v) is 3.16. The van der Waals surface area contributed by atoms with Crippen LogP contribution in [0, 0.1) is 0 Å². The minimum Gasteiger partial charge on any atom is -0.257 e. The Kier molecular flexibility index (Phi) is 4.75. The van der Waals surface area contributed by atoms with Crippen LogP contribution in [-0.4, -0.2) is 10.7 Å². The molecular weight excluding hydrogens is 292 g/mol. The molecule has 0 saturated carbocycles. The second-order valence-corrected chi connectivity index (χ2v) is 6.65. The highest BCUT2D eigenvalue weighted by molar-refractivity contribution is 6.01. The summed E-state index contributed by atoms with van der Waals surface area (Å²) in [4.78, 5) is 8.89. The maximum atomic E-state index is 4.71. The smallest absolute Gasteiger partial charge is 0.0701 e. The fourth-order valence-electron chi connectivity index (χ4n) is 3.16. The molecule has 1 aliphatic heterocycles. The molecule has 122 valence electrons. The summed E-state index contributed by atoms with van der Waals surface area (Å²) in [7, 11) is 0. The van der Waals surface area contributed by atoms with E-state index in [1.807, 2.05) is 30.5 Å². The molecule has 2 aromatic carbocycles. The maximum Gasteiger partial charge on any atom is 0.0701 e. The third kappa shape index (κ3) is 3.23. The van der Waals surface area contributed by atoms with Gasteiger partial charge in [0, 0.05) is 22.7 Å². The normalized spacial score (nSPS) is 14.5. The van der Waals surface area contributed by atoms with Gasteiger partial charge >= 0.3 is 0 Å². The van der Waals surface area contributed by atoms with Gasteiger partial charge in [-0.2, -0.15) is 0 Å². The Hall–Kier alpha value is -2.48. The molecule has 0 bridgehead atoms. The van der Waals surface area contributed by atoms with E-state index in [0.717, 1.165) is 11.9 Å². The average molecular weight is 316 g/mol. The van der Waals surface area contributed by atoms with Crippen molar-refractivity contribution < 1.29 is 0 Å². The second kappa shape index (κ2) is 6.96. The lowest BCUT2D eigenvalue weighted by Gasteiger charge is -2.21. The van der Waals surface area contributed by atoms with E-state index in [-0.39, 0.29) is 5.41 Å². The third-order valence-corrected chi connectivity index (χ3v) is 4.55. The SMILES string of the molecule is CCCC1=Nc2ccccc2C1(C)C.c1ccc2ncccc2c1. The lowest BCUT2D eigenvalue weighted by Crippen LogP contribution is -2.25. The average Bonchev–Trinajstić information content (AvgIpc) is 2.87. The molecule has 0 fully saturated rings. The molecule has 0 atom stereocenters. The lowest BCUT2D eigenvalue weighted by atomic mass is 9.80. The lowest BCUT2D eigenvalue weighted by molar-refractivity contribution is 0.712. The Bertz CT molecular complexity index is 797. The highest BCUT2D eigenvalue weighted by atomic mass is 14.8. The number of aromatic nitrogens is 1.